The highest BCUT2D eigenvalue weighted by molar-refractivity contribution is 6.41. The minimum Gasteiger partial charge on any atom is -0.274 e. The van der Waals surface area contributed by atoms with Gasteiger partial charge in [0, 0.05) is 45.3 Å². The van der Waals surface area contributed by atoms with Crippen LogP contribution in [-0.2, 0) is 6.42 Å². The largest absolute Gasteiger partial charge is 0.274 e. The van der Waals surface area contributed by atoms with Crippen molar-refractivity contribution in [3.05, 3.63) is 130 Å². The van der Waals surface area contributed by atoms with Crippen molar-refractivity contribution in [1.82, 2.24) is 14.3 Å². The third-order valence-corrected chi connectivity index (χ3v) is 9.61. The molecule has 3 heterocycles. The van der Waals surface area contributed by atoms with Gasteiger partial charge in [-0.3, -0.25) is 23.7 Å². The lowest BCUT2D eigenvalue weighted by Gasteiger charge is -2.28. The fraction of sp³-hybridized carbons (Fsp3) is 0.0526. The maximum atomic E-state index is 14.1. The van der Waals surface area contributed by atoms with Crippen molar-refractivity contribution < 1.29 is 14.0 Å². The van der Waals surface area contributed by atoms with E-state index >= 15 is 0 Å². The zero-order valence-corrected chi connectivity index (χ0v) is 23.6. The van der Waals surface area contributed by atoms with Crippen molar-refractivity contribution in [3.8, 4) is 0 Å². The zero-order chi connectivity index (χ0) is 30.1. The first-order valence-corrected chi connectivity index (χ1v) is 14.8. The topological polar surface area (TPSA) is 71.7 Å². The van der Waals surface area contributed by atoms with Gasteiger partial charge in [-0.15, -0.1) is 0 Å². The predicted molar refractivity (Wildman–Crippen MR) is 174 cm³/mol. The van der Waals surface area contributed by atoms with Gasteiger partial charge in [-0.25, -0.2) is 9.37 Å². The Hall–Kier alpha value is -5.95. The third-order valence-electron chi connectivity index (χ3n) is 9.61. The quantitative estimate of drug-likeness (QED) is 0.123. The normalized spacial score (nSPS) is 13.8. The summed E-state index contributed by atoms with van der Waals surface area (Å²) < 4.78 is 15.7. The fourth-order valence-corrected chi connectivity index (χ4v) is 7.64. The summed E-state index contributed by atoms with van der Waals surface area (Å²) in [6.07, 6.45) is 0.578. The fourth-order valence-electron chi connectivity index (χ4n) is 7.64. The summed E-state index contributed by atoms with van der Waals surface area (Å²) in [5.74, 6) is -0.985. The minimum absolute atomic E-state index is 0.210. The molecule has 7 aromatic carbocycles. The Morgan fingerprint density at radius 1 is 0.600 bits per heavy atom. The molecule has 0 atom stereocenters. The number of benzene rings is 7. The summed E-state index contributed by atoms with van der Waals surface area (Å²) in [5.41, 5.74) is 3.36. The van der Waals surface area contributed by atoms with E-state index in [1.54, 1.807) is 10.5 Å². The van der Waals surface area contributed by atoms with Crippen LogP contribution in [0.3, 0.4) is 0 Å². The first-order valence-electron chi connectivity index (χ1n) is 14.8. The third kappa shape index (κ3) is 3.02. The standard InChI is InChI=1S/C38H20FN3O3/c39-20-6-15-30-29(18-20)40-35-25-11-7-21-23-8-12-26-34-27(37(44)41(36(26)43)17-16-19-4-2-1-3-5-19)13-9-24(32(23)34)22-10-14-28(33(25)31(21)22)38(45)42(30)35/h1-15,18H,16-17H2. The van der Waals surface area contributed by atoms with Gasteiger partial charge in [0.2, 0.25) is 0 Å². The number of hydrogen-bond acceptors (Lipinski definition) is 4. The van der Waals surface area contributed by atoms with Crippen LogP contribution < -0.4 is 5.56 Å². The molecule has 7 heteroatoms. The molecular formula is C38H20FN3O3. The van der Waals surface area contributed by atoms with Gasteiger partial charge in [0.05, 0.1) is 11.0 Å². The summed E-state index contributed by atoms with van der Waals surface area (Å²) in [6.45, 7) is 0.297. The van der Waals surface area contributed by atoms with Gasteiger partial charge in [0.25, 0.3) is 17.4 Å². The van der Waals surface area contributed by atoms with Crippen LogP contribution in [0.2, 0.25) is 0 Å². The molecule has 6 nitrogen and oxygen atoms in total. The van der Waals surface area contributed by atoms with Crippen molar-refractivity contribution in [1.29, 1.82) is 0 Å². The number of aromatic nitrogens is 2. The molecule has 1 aliphatic rings. The molecule has 0 N–H and O–H groups in total. The summed E-state index contributed by atoms with van der Waals surface area (Å²) in [4.78, 5) is 47.6. The number of fused-ring (bicyclic) bond motifs is 6. The van der Waals surface area contributed by atoms with E-state index in [0.29, 0.717) is 51.5 Å². The van der Waals surface area contributed by atoms with Crippen LogP contribution in [0.25, 0.3) is 70.5 Å². The molecule has 0 aliphatic carbocycles. The number of carbonyl (C=O) groups excluding carboxylic acids is 2. The molecule has 10 rings (SSSR count). The summed E-state index contributed by atoms with van der Waals surface area (Å²) in [6, 6.07) is 29.5. The molecular weight excluding hydrogens is 565 g/mol. The van der Waals surface area contributed by atoms with Gasteiger partial charge in [0.15, 0.2) is 0 Å². The summed E-state index contributed by atoms with van der Waals surface area (Å²) in [5, 5.41) is 8.30. The Kier molecular flexibility index (Phi) is 4.55. The van der Waals surface area contributed by atoms with Crippen molar-refractivity contribution >= 4 is 82.4 Å². The molecule has 2 aromatic heterocycles. The van der Waals surface area contributed by atoms with E-state index in [1.807, 2.05) is 78.9 Å². The lowest BCUT2D eigenvalue weighted by atomic mass is 9.84. The maximum absolute atomic E-state index is 14.1. The maximum Gasteiger partial charge on any atom is 0.264 e. The van der Waals surface area contributed by atoms with E-state index in [4.69, 9.17) is 4.98 Å². The Morgan fingerprint density at radius 3 is 1.87 bits per heavy atom. The highest BCUT2D eigenvalue weighted by Gasteiger charge is 2.34. The van der Waals surface area contributed by atoms with E-state index in [-0.39, 0.29) is 17.4 Å². The lowest BCUT2D eigenvalue weighted by molar-refractivity contribution is 0.0612. The first-order chi connectivity index (χ1) is 22.0. The van der Waals surface area contributed by atoms with Crippen LogP contribution in [0.4, 0.5) is 4.39 Å². The Balaban J connectivity index is 1.26. The molecule has 1 aliphatic heterocycles. The zero-order valence-electron chi connectivity index (χ0n) is 23.6. The van der Waals surface area contributed by atoms with Crippen LogP contribution in [0.15, 0.2) is 102 Å². The molecule has 0 spiro atoms. The second-order valence-corrected chi connectivity index (χ2v) is 11.8. The molecule has 2 amide bonds. The van der Waals surface area contributed by atoms with Crippen LogP contribution in [0.5, 0.6) is 0 Å². The second-order valence-electron chi connectivity index (χ2n) is 11.8. The lowest BCUT2D eigenvalue weighted by Crippen LogP contribution is -2.41. The van der Waals surface area contributed by atoms with Crippen molar-refractivity contribution in [3.63, 3.8) is 0 Å². The smallest absolute Gasteiger partial charge is 0.264 e. The van der Waals surface area contributed by atoms with Gasteiger partial charge in [-0.05, 0) is 80.7 Å². The van der Waals surface area contributed by atoms with Gasteiger partial charge >= 0.3 is 0 Å². The number of hydrogen-bond donors (Lipinski definition) is 0. The Morgan fingerprint density at radius 2 is 1.18 bits per heavy atom. The molecule has 0 bridgehead atoms. The van der Waals surface area contributed by atoms with Crippen molar-refractivity contribution in [2.45, 2.75) is 6.42 Å². The van der Waals surface area contributed by atoms with E-state index in [1.165, 1.54) is 17.0 Å². The number of carbonyl (C=O) groups is 2. The predicted octanol–water partition coefficient (Wildman–Crippen LogP) is 7.47. The molecule has 45 heavy (non-hydrogen) atoms. The number of imide groups is 1. The molecule has 212 valence electrons. The van der Waals surface area contributed by atoms with E-state index in [0.717, 1.165) is 48.7 Å². The SMILES string of the molecule is O=C1c2ccc3c4ccc5c(=O)n6c7ccc(F)cc7nc6c6ccc(c7ccc(c2c37)C(=O)N1CCc1ccccc1)c4c56. The van der Waals surface area contributed by atoms with Crippen LogP contribution >= 0.6 is 0 Å². The monoisotopic (exact) mass is 585 g/mol. The number of pyridine rings is 1. The average molecular weight is 586 g/mol. The van der Waals surface area contributed by atoms with E-state index in [2.05, 4.69) is 0 Å². The number of amides is 2. The number of halogens is 1. The second kappa shape index (κ2) is 8.36. The molecule has 0 fully saturated rings. The van der Waals surface area contributed by atoms with Gasteiger partial charge in [0.1, 0.15) is 11.5 Å². The molecule has 0 unspecified atom stereocenters. The van der Waals surface area contributed by atoms with Gasteiger partial charge < -0.3 is 0 Å². The summed E-state index contributed by atoms with van der Waals surface area (Å²) >= 11 is 0. The van der Waals surface area contributed by atoms with Gasteiger partial charge in [-0.2, -0.15) is 0 Å². The Labute approximate surface area is 253 Å². The number of rotatable bonds is 3. The van der Waals surface area contributed by atoms with Crippen LogP contribution in [-0.4, -0.2) is 32.6 Å². The molecule has 0 radical (unpaired) electrons. The Bertz CT molecular complexity index is 2770. The van der Waals surface area contributed by atoms with Crippen molar-refractivity contribution in [2.75, 3.05) is 6.54 Å². The van der Waals surface area contributed by atoms with E-state index < -0.39 is 5.82 Å². The van der Waals surface area contributed by atoms with Gasteiger partial charge in [-0.1, -0.05) is 54.6 Å². The minimum atomic E-state index is -0.409. The van der Waals surface area contributed by atoms with Crippen LogP contribution in [0, 0.1) is 5.82 Å². The van der Waals surface area contributed by atoms with Crippen molar-refractivity contribution in [2.24, 2.45) is 0 Å². The molecule has 0 saturated heterocycles. The highest BCUT2D eigenvalue weighted by Crippen LogP contribution is 2.46. The number of imidazole rings is 1. The van der Waals surface area contributed by atoms with Crippen LogP contribution in [0.1, 0.15) is 26.3 Å². The average Bonchev–Trinajstić information content (AvgIpc) is 3.44. The number of nitrogens with zero attached hydrogens (tertiary/aromatic N) is 3. The molecule has 0 saturated carbocycles. The highest BCUT2D eigenvalue weighted by atomic mass is 19.1. The summed E-state index contributed by atoms with van der Waals surface area (Å²) in [7, 11) is 0. The molecule has 9 aromatic rings. The van der Waals surface area contributed by atoms with E-state index in [9.17, 15) is 18.8 Å². The first kappa shape index (κ1) is 24.5.